The average Bonchev–Trinajstić information content (AvgIpc) is 2.56. The lowest BCUT2D eigenvalue weighted by atomic mass is 10.1. The predicted molar refractivity (Wildman–Crippen MR) is 65.4 cm³/mol. The molecule has 0 radical (unpaired) electrons. The van der Waals surface area contributed by atoms with Crippen molar-refractivity contribution >= 4 is 17.7 Å². The van der Waals surface area contributed by atoms with Crippen LogP contribution in [0.2, 0.25) is 0 Å². The number of carbonyl (C=O) groups is 1. The SMILES string of the molecule is CSCC(=O)NC1c2ccccc2CC1O. The van der Waals surface area contributed by atoms with E-state index >= 15 is 0 Å². The number of thioether (sulfide) groups is 1. The molecule has 0 saturated carbocycles. The molecule has 1 aliphatic rings. The van der Waals surface area contributed by atoms with Crippen molar-refractivity contribution in [2.24, 2.45) is 0 Å². The molecule has 2 rings (SSSR count). The molecule has 2 unspecified atom stereocenters. The van der Waals surface area contributed by atoms with Crippen LogP contribution in [0.25, 0.3) is 0 Å². The molecule has 1 aliphatic carbocycles. The summed E-state index contributed by atoms with van der Waals surface area (Å²) in [6.07, 6.45) is 2.02. The van der Waals surface area contributed by atoms with Gasteiger partial charge in [0.15, 0.2) is 0 Å². The molecule has 3 nitrogen and oxygen atoms in total. The Bertz CT molecular complexity index is 394. The van der Waals surface area contributed by atoms with Gasteiger partial charge in [-0.25, -0.2) is 0 Å². The second kappa shape index (κ2) is 4.89. The van der Waals surface area contributed by atoms with Gasteiger partial charge in [0, 0.05) is 6.42 Å². The first-order chi connectivity index (χ1) is 7.72. The molecule has 16 heavy (non-hydrogen) atoms. The third-order valence-corrected chi connectivity index (χ3v) is 3.35. The van der Waals surface area contributed by atoms with E-state index < -0.39 is 6.10 Å². The third kappa shape index (κ3) is 2.23. The van der Waals surface area contributed by atoms with Crippen LogP contribution < -0.4 is 5.32 Å². The summed E-state index contributed by atoms with van der Waals surface area (Å²) in [6.45, 7) is 0. The van der Waals surface area contributed by atoms with Crippen LogP contribution >= 0.6 is 11.8 Å². The van der Waals surface area contributed by atoms with E-state index in [1.54, 1.807) is 0 Å². The second-order valence-corrected chi connectivity index (χ2v) is 4.81. The number of fused-ring (bicyclic) bond motifs is 1. The molecule has 2 N–H and O–H groups in total. The number of amides is 1. The lowest BCUT2D eigenvalue weighted by Crippen LogP contribution is -2.34. The monoisotopic (exact) mass is 237 g/mol. The summed E-state index contributed by atoms with van der Waals surface area (Å²) < 4.78 is 0. The average molecular weight is 237 g/mol. The van der Waals surface area contributed by atoms with Crippen LogP contribution in [-0.2, 0) is 11.2 Å². The zero-order valence-corrected chi connectivity index (χ0v) is 9.96. The number of hydrogen-bond donors (Lipinski definition) is 2. The number of nitrogens with one attached hydrogen (secondary N) is 1. The Morgan fingerprint density at radius 1 is 1.56 bits per heavy atom. The first-order valence-corrected chi connectivity index (χ1v) is 6.66. The summed E-state index contributed by atoms with van der Waals surface area (Å²) in [6, 6.07) is 7.62. The van der Waals surface area contributed by atoms with Gasteiger partial charge in [0.1, 0.15) is 0 Å². The van der Waals surface area contributed by atoms with Crippen molar-refractivity contribution in [3.63, 3.8) is 0 Å². The Balaban J connectivity index is 2.13. The van der Waals surface area contributed by atoms with Crippen LogP contribution in [0.3, 0.4) is 0 Å². The molecular weight excluding hydrogens is 222 g/mol. The lowest BCUT2D eigenvalue weighted by molar-refractivity contribution is -0.120. The minimum atomic E-state index is -0.497. The third-order valence-electron chi connectivity index (χ3n) is 2.80. The molecule has 0 spiro atoms. The van der Waals surface area contributed by atoms with Gasteiger partial charge in [-0.1, -0.05) is 24.3 Å². The molecule has 0 fully saturated rings. The zero-order valence-electron chi connectivity index (χ0n) is 9.14. The maximum Gasteiger partial charge on any atom is 0.230 e. The molecule has 0 aliphatic heterocycles. The van der Waals surface area contributed by atoms with Crippen molar-refractivity contribution in [1.29, 1.82) is 0 Å². The summed E-state index contributed by atoms with van der Waals surface area (Å²) in [5, 5.41) is 12.8. The minimum absolute atomic E-state index is 0.0201. The fourth-order valence-corrected chi connectivity index (χ4v) is 2.44. The molecule has 0 aromatic heterocycles. The van der Waals surface area contributed by atoms with Gasteiger partial charge in [-0.15, -0.1) is 0 Å². The molecule has 86 valence electrons. The van der Waals surface area contributed by atoms with E-state index in [9.17, 15) is 9.90 Å². The maximum atomic E-state index is 11.5. The predicted octanol–water partition coefficient (Wildman–Crippen LogP) is 1.12. The largest absolute Gasteiger partial charge is 0.390 e. The first-order valence-electron chi connectivity index (χ1n) is 5.26. The van der Waals surface area contributed by atoms with Crippen molar-refractivity contribution in [3.8, 4) is 0 Å². The van der Waals surface area contributed by atoms with Crippen molar-refractivity contribution < 1.29 is 9.90 Å². The standard InChI is InChI=1S/C12H15NO2S/c1-16-7-11(15)13-12-9-5-3-2-4-8(9)6-10(12)14/h2-5,10,12,14H,6-7H2,1H3,(H,13,15). The van der Waals surface area contributed by atoms with E-state index in [0.29, 0.717) is 12.2 Å². The second-order valence-electron chi connectivity index (χ2n) is 3.95. The number of carbonyl (C=O) groups excluding carboxylic acids is 1. The Morgan fingerprint density at radius 3 is 3.06 bits per heavy atom. The topological polar surface area (TPSA) is 49.3 Å². The Morgan fingerprint density at radius 2 is 2.31 bits per heavy atom. The van der Waals surface area contributed by atoms with Crippen molar-refractivity contribution in [3.05, 3.63) is 35.4 Å². The van der Waals surface area contributed by atoms with Gasteiger partial charge in [-0.3, -0.25) is 4.79 Å². The highest BCUT2D eigenvalue weighted by atomic mass is 32.2. The summed E-state index contributed by atoms with van der Waals surface area (Å²) in [7, 11) is 0. The summed E-state index contributed by atoms with van der Waals surface area (Å²) in [5.41, 5.74) is 2.17. The fraction of sp³-hybridized carbons (Fsp3) is 0.417. The fourth-order valence-electron chi connectivity index (χ4n) is 2.09. The van der Waals surface area contributed by atoms with E-state index in [4.69, 9.17) is 0 Å². The van der Waals surface area contributed by atoms with E-state index in [-0.39, 0.29) is 11.9 Å². The molecule has 1 aromatic rings. The van der Waals surface area contributed by atoms with Crippen molar-refractivity contribution in [2.75, 3.05) is 12.0 Å². The van der Waals surface area contributed by atoms with Gasteiger partial charge >= 0.3 is 0 Å². The van der Waals surface area contributed by atoms with E-state index in [0.717, 1.165) is 11.1 Å². The van der Waals surface area contributed by atoms with Gasteiger partial charge in [-0.2, -0.15) is 11.8 Å². The summed E-state index contributed by atoms with van der Waals surface area (Å²) in [4.78, 5) is 11.5. The van der Waals surface area contributed by atoms with Gasteiger partial charge in [0.05, 0.1) is 17.9 Å². The highest BCUT2D eigenvalue weighted by Crippen LogP contribution is 2.31. The maximum absolute atomic E-state index is 11.5. The Labute approximate surface area is 99.2 Å². The Hall–Kier alpha value is -1.00. The summed E-state index contributed by atoms with van der Waals surface area (Å²) >= 11 is 1.48. The van der Waals surface area contributed by atoms with Gasteiger partial charge in [0.2, 0.25) is 5.91 Å². The van der Waals surface area contributed by atoms with Crippen molar-refractivity contribution in [1.82, 2.24) is 5.32 Å². The van der Waals surface area contributed by atoms with Crippen LogP contribution in [0, 0.1) is 0 Å². The van der Waals surface area contributed by atoms with E-state index in [1.807, 2.05) is 30.5 Å². The molecule has 1 amide bonds. The molecule has 4 heteroatoms. The number of rotatable bonds is 3. The van der Waals surface area contributed by atoms with Crippen molar-refractivity contribution in [2.45, 2.75) is 18.6 Å². The van der Waals surface area contributed by atoms with Gasteiger partial charge < -0.3 is 10.4 Å². The minimum Gasteiger partial charge on any atom is -0.390 e. The zero-order chi connectivity index (χ0) is 11.5. The normalized spacial score (nSPS) is 22.9. The van der Waals surface area contributed by atoms with E-state index in [1.165, 1.54) is 11.8 Å². The molecule has 2 atom stereocenters. The molecule has 1 aromatic carbocycles. The van der Waals surface area contributed by atoms with Crippen LogP contribution in [0.1, 0.15) is 17.2 Å². The number of hydrogen-bond acceptors (Lipinski definition) is 3. The van der Waals surface area contributed by atoms with E-state index in [2.05, 4.69) is 5.32 Å². The number of aliphatic hydroxyl groups is 1. The van der Waals surface area contributed by atoms with Gasteiger partial charge in [-0.05, 0) is 17.4 Å². The highest BCUT2D eigenvalue weighted by molar-refractivity contribution is 7.99. The molecular formula is C12H15NO2S. The number of benzene rings is 1. The first kappa shape index (κ1) is 11.5. The molecule has 0 heterocycles. The molecule has 0 saturated heterocycles. The van der Waals surface area contributed by atoms with Crippen LogP contribution in [0.5, 0.6) is 0 Å². The van der Waals surface area contributed by atoms with Crippen LogP contribution in [-0.4, -0.2) is 29.1 Å². The summed E-state index contributed by atoms with van der Waals surface area (Å²) in [5.74, 6) is 0.416. The quantitative estimate of drug-likeness (QED) is 0.828. The van der Waals surface area contributed by atoms with Crippen LogP contribution in [0.15, 0.2) is 24.3 Å². The number of aliphatic hydroxyl groups excluding tert-OH is 1. The highest BCUT2D eigenvalue weighted by Gasteiger charge is 2.31. The molecule has 0 bridgehead atoms. The Kier molecular flexibility index (Phi) is 3.51. The van der Waals surface area contributed by atoms with Gasteiger partial charge in [0.25, 0.3) is 0 Å². The smallest absolute Gasteiger partial charge is 0.230 e. The van der Waals surface area contributed by atoms with Crippen LogP contribution in [0.4, 0.5) is 0 Å². The lowest BCUT2D eigenvalue weighted by Gasteiger charge is -2.17.